The number of nitro groups is 1. The van der Waals surface area contributed by atoms with Crippen LogP contribution in [0.2, 0.25) is 0 Å². The number of benzene rings is 1. The molecule has 0 fully saturated rings. The molecular formula is C9H14N4O2. The van der Waals surface area contributed by atoms with E-state index in [-0.39, 0.29) is 19.1 Å². The number of nitro benzene ring substituents is 1. The predicted molar refractivity (Wildman–Crippen MR) is 60.0 cm³/mol. The summed E-state index contributed by atoms with van der Waals surface area (Å²) in [7, 11) is 0. The fraction of sp³-hybridized carbons (Fsp3) is 0.222. The van der Waals surface area contributed by atoms with Crippen LogP contribution in [0.25, 0.3) is 0 Å². The first-order chi connectivity index (χ1) is 6.50. The Morgan fingerprint density at radius 3 is 2.47 bits per heavy atom. The van der Waals surface area contributed by atoms with Gasteiger partial charge in [0.1, 0.15) is 0 Å². The molecule has 0 amide bonds. The van der Waals surface area contributed by atoms with E-state index in [4.69, 9.17) is 11.5 Å². The minimum absolute atomic E-state index is 0. The van der Waals surface area contributed by atoms with Crippen LogP contribution in [0.5, 0.6) is 0 Å². The van der Waals surface area contributed by atoms with E-state index in [0.29, 0.717) is 11.3 Å². The van der Waals surface area contributed by atoms with Crippen molar-refractivity contribution in [2.45, 2.75) is 14.4 Å². The molecule has 1 aromatic rings. The van der Waals surface area contributed by atoms with E-state index in [1.54, 1.807) is 6.92 Å². The van der Waals surface area contributed by atoms with E-state index in [1.807, 2.05) is 0 Å². The van der Waals surface area contributed by atoms with Crippen LogP contribution in [0.3, 0.4) is 0 Å². The summed E-state index contributed by atoms with van der Waals surface area (Å²) in [6, 6.07) is 4.28. The lowest BCUT2D eigenvalue weighted by Crippen LogP contribution is -2.22. The Hall–Kier alpha value is -2.11. The van der Waals surface area contributed by atoms with E-state index in [2.05, 4.69) is 4.99 Å². The lowest BCUT2D eigenvalue weighted by molar-refractivity contribution is -0.384. The summed E-state index contributed by atoms with van der Waals surface area (Å²) < 4.78 is 0. The summed E-state index contributed by atoms with van der Waals surface area (Å²) in [6.07, 6.45) is 0. The second-order valence-corrected chi connectivity index (χ2v) is 2.76. The van der Waals surface area contributed by atoms with Crippen LogP contribution in [-0.4, -0.2) is 10.9 Å². The highest BCUT2D eigenvalue weighted by molar-refractivity contribution is 5.79. The van der Waals surface area contributed by atoms with Gasteiger partial charge in [0, 0.05) is 12.1 Å². The smallest absolute Gasteiger partial charge is 0.269 e. The van der Waals surface area contributed by atoms with Crippen LogP contribution in [0, 0.1) is 17.0 Å². The lowest BCUT2D eigenvalue weighted by atomic mass is 10.2. The van der Waals surface area contributed by atoms with Gasteiger partial charge >= 0.3 is 0 Å². The number of nitrogens with zero attached hydrogens (tertiary/aromatic N) is 2. The molecule has 0 radical (unpaired) electrons. The van der Waals surface area contributed by atoms with E-state index in [1.165, 1.54) is 18.2 Å². The quantitative estimate of drug-likeness (QED) is 0.333. The van der Waals surface area contributed by atoms with Gasteiger partial charge in [0.2, 0.25) is 0 Å². The van der Waals surface area contributed by atoms with Crippen molar-refractivity contribution in [1.29, 1.82) is 0 Å². The fourth-order valence-electron chi connectivity index (χ4n) is 1.02. The van der Waals surface area contributed by atoms with Gasteiger partial charge in [0.25, 0.3) is 5.69 Å². The molecule has 0 aromatic heterocycles. The number of guanidine groups is 1. The lowest BCUT2D eigenvalue weighted by Gasteiger charge is -1.99. The first-order valence-electron chi connectivity index (χ1n) is 3.85. The number of non-ortho nitro benzene ring substituents is 1. The number of rotatable bonds is 2. The normalized spacial score (nSPS) is 8.87. The highest BCUT2D eigenvalue weighted by Crippen LogP contribution is 2.23. The number of aliphatic imine (C=N–C) groups is 1. The Bertz CT molecular complexity index is 397. The molecule has 1 aromatic carbocycles. The van der Waals surface area contributed by atoms with E-state index < -0.39 is 4.92 Å². The molecule has 0 spiro atoms. The van der Waals surface area contributed by atoms with Crippen LogP contribution in [-0.2, 0) is 0 Å². The van der Waals surface area contributed by atoms with Crippen LogP contribution in [0.4, 0.5) is 11.4 Å². The van der Waals surface area contributed by atoms with Crippen molar-refractivity contribution in [2.75, 3.05) is 0 Å². The van der Waals surface area contributed by atoms with Crippen molar-refractivity contribution in [2.24, 2.45) is 16.5 Å². The minimum atomic E-state index is -0.466. The Labute approximate surface area is 87.8 Å². The first kappa shape index (κ1) is 12.9. The van der Waals surface area contributed by atoms with Gasteiger partial charge in [-0.2, -0.15) is 0 Å². The average molecular weight is 210 g/mol. The predicted octanol–water partition coefficient (Wildman–Crippen LogP) is 1.44. The van der Waals surface area contributed by atoms with Gasteiger partial charge in [0.05, 0.1) is 10.6 Å². The van der Waals surface area contributed by atoms with Crippen molar-refractivity contribution in [3.63, 3.8) is 0 Å². The Balaban J connectivity index is 0.00000196. The summed E-state index contributed by atoms with van der Waals surface area (Å²) in [5.74, 6) is -0.0676. The van der Waals surface area contributed by atoms with Crippen molar-refractivity contribution in [3.8, 4) is 0 Å². The van der Waals surface area contributed by atoms with Gasteiger partial charge in [0.15, 0.2) is 5.96 Å². The molecule has 15 heavy (non-hydrogen) atoms. The minimum Gasteiger partial charge on any atom is -0.370 e. The summed E-state index contributed by atoms with van der Waals surface area (Å²) in [5, 5.41) is 10.4. The molecule has 82 valence electrons. The van der Waals surface area contributed by atoms with Gasteiger partial charge in [-0.15, -0.1) is 0 Å². The maximum Gasteiger partial charge on any atom is 0.269 e. The average Bonchev–Trinajstić information content (AvgIpc) is 2.07. The zero-order valence-electron chi connectivity index (χ0n) is 7.60. The van der Waals surface area contributed by atoms with E-state index >= 15 is 0 Å². The second-order valence-electron chi connectivity index (χ2n) is 2.76. The summed E-state index contributed by atoms with van der Waals surface area (Å²) in [4.78, 5) is 13.8. The third kappa shape index (κ3) is 3.26. The summed E-state index contributed by atoms with van der Waals surface area (Å²) in [6.45, 7) is 1.70. The van der Waals surface area contributed by atoms with Crippen LogP contribution in [0.15, 0.2) is 23.2 Å². The molecular weight excluding hydrogens is 196 g/mol. The van der Waals surface area contributed by atoms with Crippen LogP contribution in [0.1, 0.15) is 13.0 Å². The second kappa shape index (κ2) is 4.94. The monoisotopic (exact) mass is 210 g/mol. The molecule has 0 atom stereocenters. The van der Waals surface area contributed by atoms with Gasteiger partial charge in [-0.25, -0.2) is 4.99 Å². The largest absolute Gasteiger partial charge is 0.370 e. The van der Waals surface area contributed by atoms with Crippen molar-refractivity contribution < 1.29 is 4.92 Å². The van der Waals surface area contributed by atoms with Crippen molar-refractivity contribution in [1.82, 2.24) is 0 Å². The standard InChI is InChI=1S/C8H10N4O2.CH4/c1-5-4-6(12(13)14)2-3-7(5)11-8(9)10;/h2-4H,1H3,(H4,9,10,11);1H4. The Kier molecular flexibility index (Phi) is 4.25. The van der Waals surface area contributed by atoms with Crippen molar-refractivity contribution >= 4 is 17.3 Å². The molecule has 0 aliphatic rings. The van der Waals surface area contributed by atoms with Gasteiger partial charge in [-0.05, 0) is 18.6 Å². The van der Waals surface area contributed by atoms with Gasteiger partial charge in [-0.3, -0.25) is 10.1 Å². The maximum absolute atomic E-state index is 10.4. The third-order valence-electron chi connectivity index (χ3n) is 1.64. The van der Waals surface area contributed by atoms with E-state index in [0.717, 1.165) is 0 Å². The van der Waals surface area contributed by atoms with Crippen molar-refractivity contribution in [3.05, 3.63) is 33.9 Å². The molecule has 0 bridgehead atoms. The molecule has 0 aliphatic heterocycles. The third-order valence-corrected chi connectivity index (χ3v) is 1.64. The number of hydrogen-bond donors (Lipinski definition) is 2. The molecule has 6 nitrogen and oxygen atoms in total. The molecule has 0 heterocycles. The molecule has 0 saturated heterocycles. The maximum atomic E-state index is 10.4. The molecule has 0 saturated carbocycles. The SMILES string of the molecule is C.Cc1cc([N+](=O)[O-])ccc1N=C(N)N. The van der Waals surface area contributed by atoms with Crippen LogP contribution < -0.4 is 11.5 Å². The molecule has 1 rings (SSSR count). The van der Waals surface area contributed by atoms with Gasteiger partial charge in [-0.1, -0.05) is 7.43 Å². The highest BCUT2D eigenvalue weighted by atomic mass is 16.6. The zero-order valence-corrected chi connectivity index (χ0v) is 7.60. The fourth-order valence-corrected chi connectivity index (χ4v) is 1.02. The molecule has 6 heteroatoms. The van der Waals surface area contributed by atoms with Gasteiger partial charge < -0.3 is 11.5 Å². The summed E-state index contributed by atoms with van der Waals surface area (Å²) in [5.41, 5.74) is 11.6. The first-order valence-corrected chi connectivity index (χ1v) is 3.85. The summed E-state index contributed by atoms with van der Waals surface area (Å²) >= 11 is 0. The molecule has 4 N–H and O–H groups in total. The molecule has 0 aliphatic carbocycles. The topological polar surface area (TPSA) is 108 Å². The number of nitrogens with two attached hydrogens (primary N) is 2. The zero-order chi connectivity index (χ0) is 10.7. The Morgan fingerprint density at radius 2 is 2.07 bits per heavy atom. The Morgan fingerprint density at radius 1 is 1.47 bits per heavy atom. The number of aryl methyl sites for hydroxylation is 1. The number of hydrogen-bond acceptors (Lipinski definition) is 3. The van der Waals surface area contributed by atoms with E-state index in [9.17, 15) is 10.1 Å². The highest BCUT2D eigenvalue weighted by Gasteiger charge is 2.07. The molecule has 0 unspecified atom stereocenters. The van der Waals surface area contributed by atoms with Crippen LogP contribution >= 0.6 is 0 Å².